The molecule has 1 aliphatic rings. The van der Waals surface area contributed by atoms with Crippen LogP contribution >= 0.6 is 44.4 Å². The van der Waals surface area contributed by atoms with Crippen molar-refractivity contribution in [3.05, 3.63) is 16.9 Å². The molecule has 0 spiro atoms. The molecule has 0 aromatic carbocycles. The summed E-state index contributed by atoms with van der Waals surface area (Å²) in [4.78, 5) is 0. The van der Waals surface area contributed by atoms with E-state index in [9.17, 15) is 0 Å². The number of aromatic nitrogens is 2. The van der Waals surface area contributed by atoms with Crippen LogP contribution < -0.4 is 0 Å². The molecule has 6 heteroatoms. The summed E-state index contributed by atoms with van der Waals surface area (Å²) < 4.78 is 8.81. The van der Waals surface area contributed by atoms with Crippen molar-refractivity contribution >= 4 is 44.4 Å². The van der Waals surface area contributed by atoms with E-state index in [0.717, 1.165) is 11.0 Å². The van der Waals surface area contributed by atoms with Crippen LogP contribution in [0.3, 0.4) is 0 Å². The van der Waals surface area contributed by atoms with Gasteiger partial charge in [0.05, 0.1) is 29.3 Å². The summed E-state index contributed by atoms with van der Waals surface area (Å²) in [5.41, 5.74) is 0.0745. The van der Waals surface area contributed by atoms with Gasteiger partial charge in [-0.3, -0.25) is 4.68 Å². The highest BCUT2D eigenvalue weighted by atomic mass is 127. The number of nitrogens with zero attached hydrogens (tertiary/aromatic N) is 2. The molecule has 1 aromatic heterocycles. The molecule has 14 heavy (non-hydrogen) atoms. The minimum Gasteiger partial charge on any atom is -0.343 e. The SMILES string of the molecule is Brc1cnn(CC2(OPI)CCC2)c1. The van der Waals surface area contributed by atoms with E-state index in [2.05, 4.69) is 43.1 Å². The first-order valence-electron chi connectivity index (χ1n) is 4.46. The highest BCUT2D eigenvalue weighted by molar-refractivity contribution is 14.2. The highest BCUT2D eigenvalue weighted by Crippen LogP contribution is 2.43. The molecule has 1 heterocycles. The fourth-order valence-corrected chi connectivity index (χ4v) is 3.83. The van der Waals surface area contributed by atoms with E-state index < -0.39 is 0 Å². The molecule has 1 fully saturated rings. The molecule has 2 rings (SSSR count). The Labute approximate surface area is 106 Å². The van der Waals surface area contributed by atoms with Gasteiger partial charge in [-0.15, -0.1) is 0 Å². The van der Waals surface area contributed by atoms with Crippen LogP contribution in [-0.4, -0.2) is 15.4 Å². The van der Waals surface area contributed by atoms with Crippen LogP contribution in [0, 0.1) is 0 Å². The van der Waals surface area contributed by atoms with Gasteiger partial charge in [0.25, 0.3) is 0 Å². The third-order valence-corrected chi connectivity index (χ3v) is 4.15. The van der Waals surface area contributed by atoms with Gasteiger partial charge in [0.15, 0.2) is 0 Å². The molecule has 0 bridgehead atoms. The van der Waals surface area contributed by atoms with Gasteiger partial charge in [-0.25, -0.2) is 0 Å². The standard InChI is InChI=1S/C8H11BrIN2OP/c9-7-4-11-12(5-7)6-8(13-14-10)2-1-3-8/h4-5,14H,1-3,6H2. The highest BCUT2D eigenvalue weighted by Gasteiger charge is 2.38. The molecule has 0 amide bonds. The third kappa shape index (κ3) is 2.49. The summed E-state index contributed by atoms with van der Waals surface area (Å²) in [6, 6.07) is 0. The van der Waals surface area contributed by atoms with E-state index in [1.54, 1.807) is 0 Å². The number of rotatable bonds is 4. The van der Waals surface area contributed by atoms with Gasteiger partial charge in [0.1, 0.15) is 0 Å². The Morgan fingerprint density at radius 1 is 1.71 bits per heavy atom. The minimum absolute atomic E-state index is 0.0745. The fourth-order valence-electron chi connectivity index (χ4n) is 1.67. The molecule has 1 saturated carbocycles. The Bertz CT molecular complexity index is 316. The molecular formula is C8H11BrIN2OP. The second-order valence-corrected chi connectivity index (χ2v) is 6.17. The Hall–Kier alpha value is 0.810. The molecular weight excluding hydrogens is 378 g/mol. The van der Waals surface area contributed by atoms with E-state index in [1.165, 1.54) is 19.3 Å². The Morgan fingerprint density at radius 2 is 2.50 bits per heavy atom. The normalized spacial score (nSPS) is 20.1. The van der Waals surface area contributed by atoms with Gasteiger partial charge < -0.3 is 4.52 Å². The van der Waals surface area contributed by atoms with Crippen molar-refractivity contribution in [3.8, 4) is 0 Å². The van der Waals surface area contributed by atoms with Crippen LogP contribution in [0.5, 0.6) is 0 Å². The largest absolute Gasteiger partial charge is 0.343 e. The van der Waals surface area contributed by atoms with Crippen LogP contribution in [0.4, 0.5) is 0 Å². The molecule has 3 nitrogen and oxygen atoms in total. The zero-order valence-electron chi connectivity index (χ0n) is 7.54. The smallest absolute Gasteiger partial charge is 0.0926 e. The molecule has 1 unspecified atom stereocenters. The quantitative estimate of drug-likeness (QED) is 0.582. The average Bonchev–Trinajstić information content (AvgIpc) is 2.48. The maximum atomic E-state index is 5.82. The lowest BCUT2D eigenvalue weighted by molar-refractivity contribution is -0.00946. The molecule has 0 aliphatic heterocycles. The lowest BCUT2D eigenvalue weighted by atomic mass is 9.80. The number of hydrogen-bond donors (Lipinski definition) is 0. The van der Waals surface area contributed by atoms with Crippen molar-refractivity contribution in [2.75, 3.05) is 0 Å². The summed E-state index contributed by atoms with van der Waals surface area (Å²) >= 11 is 5.68. The molecule has 1 aliphatic carbocycles. The molecule has 1 aromatic rings. The first-order valence-corrected chi connectivity index (χ1v) is 9.27. The molecule has 1 atom stereocenters. The predicted octanol–water partition coefficient (Wildman–Crippen LogP) is 3.53. The Kier molecular flexibility index (Phi) is 3.85. The second-order valence-electron chi connectivity index (χ2n) is 3.57. The van der Waals surface area contributed by atoms with E-state index in [-0.39, 0.29) is 5.60 Å². The summed E-state index contributed by atoms with van der Waals surface area (Å²) in [6.07, 6.45) is 7.43. The van der Waals surface area contributed by atoms with Crippen LogP contribution in [0.2, 0.25) is 0 Å². The van der Waals surface area contributed by atoms with Gasteiger partial charge >= 0.3 is 0 Å². The second kappa shape index (κ2) is 4.76. The van der Waals surface area contributed by atoms with E-state index >= 15 is 0 Å². The van der Waals surface area contributed by atoms with Gasteiger partial charge in [0.2, 0.25) is 0 Å². The van der Waals surface area contributed by atoms with Crippen molar-refractivity contribution in [2.45, 2.75) is 31.4 Å². The average molecular weight is 389 g/mol. The van der Waals surface area contributed by atoms with Crippen LogP contribution in [0.15, 0.2) is 16.9 Å². The summed E-state index contributed by atoms with van der Waals surface area (Å²) in [7, 11) is 0. The topological polar surface area (TPSA) is 27.1 Å². The van der Waals surface area contributed by atoms with Crippen LogP contribution in [0.1, 0.15) is 19.3 Å². The first kappa shape index (κ1) is 11.3. The van der Waals surface area contributed by atoms with Gasteiger partial charge in [-0.1, -0.05) is 0 Å². The zero-order valence-corrected chi connectivity index (χ0v) is 12.3. The predicted molar refractivity (Wildman–Crippen MR) is 69.9 cm³/mol. The molecule has 0 radical (unpaired) electrons. The monoisotopic (exact) mass is 388 g/mol. The van der Waals surface area contributed by atoms with Gasteiger partial charge in [-0.2, -0.15) is 5.10 Å². The number of halogens is 2. The Balaban J connectivity index is 2.01. The van der Waals surface area contributed by atoms with Crippen LogP contribution in [0.25, 0.3) is 0 Å². The first-order chi connectivity index (χ1) is 6.74. The van der Waals surface area contributed by atoms with E-state index in [4.69, 9.17) is 4.52 Å². The van der Waals surface area contributed by atoms with Crippen molar-refractivity contribution in [2.24, 2.45) is 0 Å². The zero-order chi connectivity index (χ0) is 10.0. The van der Waals surface area contributed by atoms with Crippen LogP contribution in [-0.2, 0) is 11.1 Å². The van der Waals surface area contributed by atoms with E-state index in [0.29, 0.717) is 6.45 Å². The molecule has 0 saturated heterocycles. The molecule has 0 N–H and O–H groups in total. The minimum atomic E-state index is 0.0745. The third-order valence-electron chi connectivity index (χ3n) is 2.57. The maximum absolute atomic E-state index is 5.82. The van der Waals surface area contributed by atoms with Crippen molar-refractivity contribution in [1.82, 2.24) is 9.78 Å². The maximum Gasteiger partial charge on any atom is 0.0926 e. The Morgan fingerprint density at radius 3 is 2.93 bits per heavy atom. The van der Waals surface area contributed by atoms with E-state index in [1.807, 2.05) is 17.1 Å². The lowest BCUT2D eigenvalue weighted by Crippen LogP contribution is -2.42. The summed E-state index contributed by atoms with van der Waals surface area (Å²) in [5.74, 6) is 0. The fraction of sp³-hybridized carbons (Fsp3) is 0.625. The van der Waals surface area contributed by atoms with Crippen molar-refractivity contribution in [3.63, 3.8) is 0 Å². The van der Waals surface area contributed by atoms with Crippen molar-refractivity contribution < 1.29 is 4.52 Å². The summed E-state index contributed by atoms with van der Waals surface area (Å²) in [5, 5.41) is 4.26. The summed E-state index contributed by atoms with van der Waals surface area (Å²) in [6.45, 7) is 1.43. The lowest BCUT2D eigenvalue weighted by Gasteiger charge is -2.40. The number of hydrogen-bond acceptors (Lipinski definition) is 2. The van der Waals surface area contributed by atoms with Crippen molar-refractivity contribution in [1.29, 1.82) is 0 Å². The molecule has 78 valence electrons. The van der Waals surface area contributed by atoms with Gasteiger partial charge in [0, 0.05) is 6.20 Å². The van der Waals surface area contributed by atoms with Gasteiger partial charge in [-0.05, 0) is 57.2 Å².